The SMILES string of the molecule is CC(=O)OC(C)=O.CC(=O)O[C@@]12CO[C@@H]1C[C@H](C)[C@@]1(C)C(=O)[C@H](C)C3=C(C)[C@@H](O[Si](C)(C)C)C[C@]4(OC(=O)O[C@H]4[C@H]21)C3(C)C.CC1=C2[C@@H](C)C(=O)[C@@]3(C)[C@H]([C@@H]4OC(=O)O[C@@]4(C[C@@H]1O[Si](C)(C)C)C2(C)C)[C@]1(O)CO[C@@H]1C[C@@H]3C.CC1=C2[C@@H](C)C(=O)[C@@]3(C)[C@H]([C@H](O)[C@](O)(C[C@@H]1O[Si](C)(C)C)C2(C)C)[C@]1(O)CO[C@@H]1C[C@@H]3C.O=C(Cl)Cl. The number of Topliss-reactive ketones (excluding diaryl/α,β-unsaturated/α-hetero) is 3. The number of hydrogen-bond acceptors (Lipinski definition) is 25. The van der Waals surface area contributed by atoms with Crippen molar-refractivity contribution in [1.82, 2.24) is 0 Å². The van der Waals surface area contributed by atoms with E-state index in [9.17, 15) is 58.8 Å². The first-order valence-electron chi connectivity index (χ1n) is 40.7. The van der Waals surface area contributed by atoms with Crippen molar-refractivity contribution in [2.24, 2.45) is 85.8 Å². The standard InChI is InChI=1S/C28H42O8Si.C26H40O7Si.C25H42O6Si.C4H6O3.CCl2O/c1-14-11-19-27(13-32-19,34-17(4)29)21-23-28(35-24(31)33-23)12-18(36-37(8,9)10)15(2)20(25(28,5)6)16(3)22(30)26(14,21)7;1-13-10-17-25(29,12-30-17)19-21-26(32-22(28)31-21)11-16(33-34(7,8)9)14(2)18(23(26,4)5)15(3)20(27)24(13,19)6;1-13-10-17-24(28,12-30-17)19-21(27)25(29)11-16(31-32(7,8)9)14(2)18(22(25,4)5)15(3)20(26)23(13,19)6;1-3(5)7-4(2)6;2-1(3)4/h14,16,18-19,21,23H,11-13H2,1-10H3;13,15-17,19,21,29H,10-12H2,1-9H3;13,15-17,19,21,27-29H,10-12H2,1-9H3;1-2H3;/t14-,16+,18-,19+,21-,23-,26+,27-,28+;13-,15+,16-,17+,19-,21-,24+,25-,26+;13-,15+,16-,17+,19-,21-,23+,24-,25+;;/m000../s1. The molecule has 0 amide bonds. The lowest BCUT2D eigenvalue weighted by molar-refractivity contribution is -0.337. The van der Waals surface area contributed by atoms with Gasteiger partial charge in [-0.05, 0) is 173 Å². The molecule has 0 aromatic heterocycles. The minimum absolute atomic E-state index is 0.0333. The third-order valence-electron chi connectivity index (χ3n) is 30.4. The average molecular weight is 1700 g/mol. The largest absolute Gasteiger partial charge is 0.509 e. The summed E-state index contributed by atoms with van der Waals surface area (Å²) in [4.78, 5) is 111. The van der Waals surface area contributed by atoms with E-state index in [1.807, 2.05) is 69.2 Å². The van der Waals surface area contributed by atoms with E-state index < -0.39 is 186 Å². The van der Waals surface area contributed by atoms with Crippen LogP contribution in [0.5, 0.6) is 0 Å². The number of ether oxygens (including phenoxy) is 9. The van der Waals surface area contributed by atoms with Gasteiger partial charge in [0.05, 0.1) is 62.4 Å². The van der Waals surface area contributed by atoms with E-state index >= 15 is 0 Å². The molecular weight excluding hydrogens is 1560 g/mol. The normalized spacial score (nSPS) is 44.8. The van der Waals surface area contributed by atoms with Gasteiger partial charge in [-0.1, -0.05) is 104 Å². The van der Waals surface area contributed by atoms with Gasteiger partial charge in [0, 0.05) is 102 Å². The number of carbonyl (C=O) groups excluding carboxylic acids is 9. The van der Waals surface area contributed by atoms with Crippen LogP contribution in [0.1, 0.15) is 184 Å². The maximum atomic E-state index is 14.7. The molecule has 0 aromatic rings. The highest BCUT2D eigenvalue weighted by molar-refractivity contribution is 6.93. The van der Waals surface area contributed by atoms with Crippen LogP contribution in [0.3, 0.4) is 0 Å². The highest BCUT2D eigenvalue weighted by Gasteiger charge is 2.82. The highest BCUT2D eigenvalue weighted by atomic mass is 35.5. The lowest BCUT2D eigenvalue weighted by atomic mass is 9.42. The van der Waals surface area contributed by atoms with Crippen LogP contribution in [0.25, 0.3) is 0 Å². The number of ketones is 3. The van der Waals surface area contributed by atoms with Gasteiger partial charge in [0.25, 0.3) is 0 Å². The topological polar surface area (TPSA) is 345 Å². The van der Waals surface area contributed by atoms with Crippen LogP contribution in [0.2, 0.25) is 58.9 Å². The molecule has 6 saturated carbocycles. The van der Waals surface area contributed by atoms with Crippen molar-refractivity contribution in [2.45, 2.75) is 331 Å². The molecule has 0 unspecified atom stereocenters. The molecule has 5 saturated heterocycles. The number of rotatable bonds is 7. The van der Waals surface area contributed by atoms with E-state index in [0.29, 0.717) is 32.1 Å². The molecule has 27 atom stereocenters. The lowest BCUT2D eigenvalue weighted by Crippen LogP contribution is -2.79. The Labute approximate surface area is 686 Å². The molecule has 5 heterocycles. The molecule has 642 valence electrons. The first-order valence-corrected chi connectivity index (χ1v) is 51.7. The molecule has 6 bridgehead atoms. The van der Waals surface area contributed by atoms with E-state index in [-0.39, 0.29) is 91.9 Å². The monoisotopic (exact) mass is 1690 g/mol. The first-order chi connectivity index (χ1) is 51.7. The molecule has 9 aliphatic carbocycles. The summed E-state index contributed by atoms with van der Waals surface area (Å²) in [6, 6.07) is 0. The zero-order valence-electron chi connectivity index (χ0n) is 72.9. The van der Waals surface area contributed by atoms with Gasteiger partial charge in [0.15, 0.2) is 54.0 Å². The molecule has 114 heavy (non-hydrogen) atoms. The fourth-order valence-corrected chi connectivity index (χ4v) is 28.3. The van der Waals surface area contributed by atoms with Crippen LogP contribution < -0.4 is 0 Å². The van der Waals surface area contributed by atoms with Crippen LogP contribution in [-0.4, -0.2) is 206 Å². The number of aliphatic hydroxyl groups excluding tert-OH is 1. The summed E-state index contributed by atoms with van der Waals surface area (Å²) in [6.45, 7) is 59.3. The van der Waals surface area contributed by atoms with Crippen molar-refractivity contribution < 1.29 is 119 Å². The second kappa shape index (κ2) is 29.9. The van der Waals surface area contributed by atoms with Gasteiger partial charge in [-0.25, -0.2) is 9.59 Å². The summed E-state index contributed by atoms with van der Waals surface area (Å²) in [5, 5.41) is 48.0. The maximum absolute atomic E-state index is 14.7. The van der Waals surface area contributed by atoms with Gasteiger partial charge < -0.3 is 76.3 Å². The molecule has 0 radical (unpaired) electrons. The Morgan fingerprint density at radius 2 is 0.754 bits per heavy atom. The molecule has 0 aromatic carbocycles. The first kappa shape index (κ1) is 92.2. The van der Waals surface area contributed by atoms with Gasteiger partial charge in [0.1, 0.15) is 40.3 Å². The second-order valence-corrected chi connectivity index (χ2v) is 55.3. The molecule has 11 fully saturated rings. The summed E-state index contributed by atoms with van der Waals surface area (Å²) in [5.74, 6) is -4.96. The van der Waals surface area contributed by atoms with Gasteiger partial charge in [-0.3, -0.25) is 33.6 Å². The number of halogens is 2. The maximum Gasteiger partial charge on any atom is 0.509 e. The molecule has 25 nitrogen and oxygen atoms in total. The molecular formula is C84H130Cl2O25Si3. The summed E-state index contributed by atoms with van der Waals surface area (Å²) >= 11 is 8.80. The smallest absolute Gasteiger partial charge is 0.454 e. The molecule has 4 N–H and O–H groups in total. The Morgan fingerprint density at radius 1 is 0.447 bits per heavy atom. The number of fused-ring (bicyclic) bond motifs is 15. The van der Waals surface area contributed by atoms with Crippen LogP contribution in [0, 0.1) is 85.8 Å². The van der Waals surface area contributed by atoms with E-state index in [0.717, 1.165) is 33.4 Å². The summed E-state index contributed by atoms with van der Waals surface area (Å²) in [7, 11) is -5.96. The third-order valence-corrected chi connectivity index (χ3v) is 33.4. The van der Waals surface area contributed by atoms with Crippen molar-refractivity contribution in [3.63, 3.8) is 0 Å². The fraction of sp³-hybridized carbons (Fsp3) is 0.821. The Bertz CT molecular complexity index is 4020. The zero-order valence-corrected chi connectivity index (χ0v) is 77.4. The van der Waals surface area contributed by atoms with Crippen LogP contribution in [0.4, 0.5) is 14.4 Å². The van der Waals surface area contributed by atoms with Crippen LogP contribution in [-0.2, 0) is 84.7 Å². The van der Waals surface area contributed by atoms with Gasteiger partial charge >= 0.3 is 34.9 Å². The molecule has 30 heteroatoms. The fourth-order valence-electron chi connectivity index (χ4n) is 25.0. The molecule has 14 rings (SSSR count). The van der Waals surface area contributed by atoms with Gasteiger partial charge in [-0.2, -0.15) is 0 Å². The van der Waals surface area contributed by atoms with Crippen molar-refractivity contribution in [3.8, 4) is 0 Å². The van der Waals surface area contributed by atoms with Gasteiger partial charge in [-0.15, -0.1) is 0 Å². The third kappa shape index (κ3) is 14.1. The minimum Gasteiger partial charge on any atom is -0.454 e. The van der Waals surface area contributed by atoms with E-state index in [2.05, 4.69) is 142 Å². The number of carbonyl (C=O) groups is 9. The van der Waals surface area contributed by atoms with Crippen molar-refractivity contribution in [1.29, 1.82) is 0 Å². The Morgan fingerprint density at radius 3 is 1.06 bits per heavy atom. The summed E-state index contributed by atoms with van der Waals surface area (Å²) in [6.07, 6.45) is -3.68. The Kier molecular flexibility index (Phi) is 24.2. The van der Waals surface area contributed by atoms with Crippen molar-refractivity contribution >= 4 is 100 Å². The predicted octanol–water partition coefficient (Wildman–Crippen LogP) is 13.8. The van der Waals surface area contributed by atoms with E-state index in [1.54, 1.807) is 0 Å². The highest BCUT2D eigenvalue weighted by Crippen LogP contribution is 2.72. The lowest BCUT2D eigenvalue weighted by Gasteiger charge is -2.67. The average Bonchev–Trinajstić information content (AvgIpc) is 1.24. The Balaban J connectivity index is 0.000000170. The minimum atomic E-state index is -2.01. The molecule has 5 aliphatic heterocycles. The predicted molar refractivity (Wildman–Crippen MR) is 429 cm³/mol. The summed E-state index contributed by atoms with van der Waals surface area (Å²) in [5.41, 5.74) is -6.49. The molecule has 14 aliphatic rings. The zero-order chi connectivity index (χ0) is 86.4. The van der Waals surface area contributed by atoms with Crippen LogP contribution in [0.15, 0.2) is 33.4 Å². The van der Waals surface area contributed by atoms with Gasteiger partial charge in [0.2, 0.25) is 0 Å². The number of hydrogen-bond donors (Lipinski definition) is 4. The van der Waals surface area contributed by atoms with E-state index in [4.69, 9.17) is 56.0 Å². The Hall–Kier alpha value is -4.12. The summed E-state index contributed by atoms with van der Waals surface area (Å²) < 4.78 is 71.1. The van der Waals surface area contributed by atoms with E-state index in [1.165, 1.54) is 20.8 Å². The second-order valence-electron chi connectivity index (χ2n) is 41.1. The number of aliphatic hydroxyl groups is 4. The number of esters is 3. The van der Waals surface area contributed by atoms with Crippen molar-refractivity contribution in [3.05, 3.63) is 33.4 Å². The van der Waals surface area contributed by atoms with Crippen LogP contribution >= 0.6 is 23.2 Å². The molecule has 2 spiro atoms. The quantitative estimate of drug-likeness (QED) is 0.0459. The van der Waals surface area contributed by atoms with Crippen molar-refractivity contribution in [2.75, 3.05) is 19.8 Å².